The highest BCUT2D eigenvalue weighted by Gasteiger charge is 2.23. The number of rotatable bonds is 9. The Balaban J connectivity index is 1.37. The molecule has 0 saturated heterocycles. The third-order valence-corrected chi connectivity index (χ3v) is 6.02. The van der Waals surface area contributed by atoms with Crippen LogP contribution in [0, 0.1) is 0 Å². The smallest absolute Gasteiger partial charge is 0.328 e. The lowest BCUT2D eigenvalue weighted by Gasteiger charge is -2.16. The van der Waals surface area contributed by atoms with Crippen LogP contribution in [0.2, 0.25) is 5.02 Å². The molecule has 1 heterocycles. The molecule has 4 aromatic rings. The predicted octanol–water partition coefficient (Wildman–Crippen LogP) is 3.36. The Morgan fingerprint density at radius 1 is 0.838 bits per heavy atom. The summed E-state index contributed by atoms with van der Waals surface area (Å²) in [5.74, 6) is -2.93. The zero-order chi connectivity index (χ0) is 26.4. The molecule has 37 heavy (non-hydrogen) atoms. The molecule has 1 atom stereocenters. The Morgan fingerprint density at radius 2 is 1.59 bits per heavy atom. The largest absolute Gasteiger partial charge is 0.480 e. The monoisotopic (exact) mass is 518 g/mol. The van der Waals surface area contributed by atoms with E-state index in [1.165, 1.54) is 18.2 Å². The third-order valence-electron chi connectivity index (χ3n) is 5.71. The van der Waals surface area contributed by atoms with Crippen molar-refractivity contribution in [3.8, 4) is 0 Å². The van der Waals surface area contributed by atoms with E-state index in [4.69, 9.17) is 11.6 Å². The number of fused-ring (bicyclic) bond motifs is 1. The summed E-state index contributed by atoms with van der Waals surface area (Å²) in [4.78, 5) is 52.3. The first-order valence-corrected chi connectivity index (χ1v) is 11.7. The van der Waals surface area contributed by atoms with Crippen LogP contribution in [0.4, 0.5) is 0 Å². The predicted molar refractivity (Wildman–Crippen MR) is 139 cm³/mol. The third kappa shape index (κ3) is 6.14. The molecule has 188 valence electrons. The molecule has 0 bridgehead atoms. The molecule has 3 amide bonds. The maximum absolute atomic E-state index is 12.7. The van der Waals surface area contributed by atoms with E-state index in [0.29, 0.717) is 12.1 Å². The maximum atomic E-state index is 12.7. The summed E-state index contributed by atoms with van der Waals surface area (Å²) < 4.78 is 0. The van der Waals surface area contributed by atoms with E-state index in [-0.39, 0.29) is 28.6 Å². The second kappa shape index (κ2) is 11.4. The number of carbonyl (C=O) groups is 4. The first-order valence-electron chi connectivity index (χ1n) is 11.3. The molecule has 9 nitrogen and oxygen atoms in total. The van der Waals surface area contributed by atoms with Crippen molar-refractivity contribution in [1.29, 1.82) is 0 Å². The number of carboxylic acid groups (broad SMARTS) is 1. The summed E-state index contributed by atoms with van der Waals surface area (Å²) in [6.07, 6.45) is 1.83. The van der Waals surface area contributed by atoms with Gasteiger partial charge in [0.15, 0.2) is 0 Å². The van der Waals surface area contributed by atoms with Gasteiger partial charge >= 0.3 is 5.97 Å². The van der Waals surface area contributed by atoms with Gasteiger partial charge in [0, 0.05) is 41.3 Å². The number of carbonyl (C=O) groups excluding carboxylic acids is 3. The van der Waals surface area contributed by atoms with Crippen LogP contribution in [-0.4, -0.2) is 46.4 Å². The number of H-pyrrole nitrogens is 1. The van der Waals surface area contributed by atoms with E-state index < -0.39 is 23.8 Å². The normalized spacial score (nSPS) is 11.5. The number of halogens is 1. The quantitative estimate of drug-likeness (QED) is 0.231. The Labute approximate surface area is 216 Å². The van der Waals surface area contributed by atoms with Crippen LogP contribution in [0.1, 0.15) is 36.6 Å². The summed E-state index contributed by atoms with van der Waals surface area (Å²) in [5.41, 5.74) is 2.50. The van der Waals surface area contributed by atoms with Crippen molar-refractivity contribution in [2.75, 3.05) is 6.54 Å². The zero-order valence-electron chi connectivity index (χ0n) is 19.5. The number of hydrogen-bond donors (Lipinski definition) is 5. The molecule has 0 aliphatic carbocycles. The Kier molecular flexibility index (Phi) is 7.85. The molecule has 4 rings (SSSR count). The van der Waals surface area contributed by atoms with Crippen LogP contribution in [0.5, 0.6) is 0 Å². The molecular formula is C27H23ClN4O5. The number of carboxylic acids is 1. The SMILES string of the molecule is O=C(NCc1cccc2[nH]ccc12)c1ccc(C(=O)NC(CNC(=O)c2ccccc2)C(=O)O)c(Cl)c1. The van der Waals surface area contributed by atoms with Gasteiger partial charge in [0.25, 0.3) is 17.7 Å². The average Bonchev–Trinajstić information content (AvgIpc) is 3.39. The van der Waals surface area contributed by atoms with E-state index in [1.54, 1.807) is 30.3 Å². The van der Waals surface area contributed by atoms with Gasteiger partial charge in [-0.25, -0.2) is 4.79 Å². The van der Waals surface area contributed by atoms with Gasteiger partial charge in [-0.1, -0.05) is 41.9 Å². The van der Waals surface area contributed by atoms with E-state index in [0.717, 1.165) is 16.5 Å². The Morgan fingerprint density at radius 3 is 2.32 bits per heavy atom. The molecule has 5 N–H and O–H groups in total. The van der Waals surface area contributed by atoms with Gasteiger partial charge < -0.3 is 26.0 Å². The molecule has 1 unspecified atom stereocenters. The Hall–Kier alpha value is -4.63. The van der Waals surface area contributed by atoms with Crippen LogP contribution in [-0.2, 0) is 11.3 Å². The van der Waals surface area contributed by atoms with E-state index >= 15 is 0 Å². The van der Waals surface area contributed by atoms with Crippen LogP contribution in [0.25, 0.3) is 10.9 Å². The summed E-state index contributed by atoms with van der Waals surface area (Å²) in [6, 6.07) is 18.7. The van der Waals surface area contributed by atoms with Crippen molar-refractivity contribution in [1.82, 2.24) is 20.9 Å². The van der Waals surface area contributed by atoms with Gasteiger partial charge in [-0.15, -0.1) is 0 Å². The average molecular weight is 519 g/mol. The maximum Gasteiger partial charge on any atom is 0.328 e. The van der Waals surface area contributed by atoms with Crippen molar-refractivity contribution < 1.29 is 24.3 Å². The Bertz CT molecular complexity index is 1470. The number of hydrogen-bond acceptors (Lipinski definition) is 4. The fourth-order valence-electron chi connectivity index (χ4n) is 3.75. The minimum absolute atomic E-state index is 0.00376. The van der Waals surface area contributed by atoms with Crippen molar-refractivity contribution >= 4 is 46.2 Å². The van der Waals surface area contributed by atoms with Gasteiger partial charge in [0.1, 0.15) is 6.04 Å². The van der Waals surface area contributed by atoms with Crippen LogP contribution in [0.15, 0.2) is 79.0 Å². The molecule has 3 aromatic carbocycles. The number of aromatic nitrogens is 1. The molecule has 0 saturated carbocycles. The molecule has 0 fully saturated rings. The standard InChI is InChI=1S/C27H23ClN4O5/c28-21-13-17(25(34)30-14-18-7-4-8-22-19(18)11-12-29-22)9-10-20(21)26(35)32-23(27(36)37)15-31-24(33)16-5-2-1-3-6-16/h1-13,23,29H,14-15H2,(H,30,34)(H,31,33)(H,32,35)(H,36,37). The second-order valence-corrected chi connectivity index (χ2v) is 8.58. The lowest BCUT2D eigenvalue weighted by Crippen LogP contribution is -2.48. The molecule has 0 aliphatic heterocycles. The molecule has 0 spiro atoms. The lowest BCUT2D eigenvalue weighted by molar-refractivity contribution is -0.139. The number of benzene rings is 3. The fourth-order valence-corrected chi connectivity index (χ4v) is 4.01. The first-order chi connectivity index (χ1) is 17.8. The number of aliphatic carboxylic acids is 1. The summed E-state index contributed by atoms with van der Waals surface area (Å²) in [6.45, 7) is -0.0380. The number of aromatic amines is 1. The van der Waals surface area contributed by atoms with Gasteiger partial charge in [0.05, 0.1) is 10.6 Å². The highest BCUT2D eigenvalue weighted by Crippen LogP contribution is 2.20. The molecule has 0 aliphatic rings. The number of amides is 3. The van der Waals surface area contributed by atoms with Gasteiger partial charge in [-0.2, -0.15) is 0 Å². The van der Waals surface area contributed by atoms with E-state index in [2.05, 4.69) is 20.9 Å². The van der Waals surface area contributed by atoms with Crippen molar-refractivity contribution in [3.05, 3.63) is 106 Å². The summed E-state index contributed by atoms with van der Waals surface area (Å²) in [7, 11) is 0. The zero-order valence-corrected chi connectivity index (χ0v) is 20.2. The minimum atomic E-state index is -1.39. The van der Waals surface area contributed by atoms with Crippen LogP contribution < -0.4 is 16.0 Å². The lowest BCUT2D eigenvalue weighted by atomic mass is 10.1. The summed E-state index contributed by atoms with van der Waals surface area (Å²) in [5, 5.41) is 18.1. The van der Waals surface area contributed by atoms with Crippen molar-refractivity contribution in [2.45, 2.75) is 12.6 Å². The topological polar surface area (TPSA) is 140 Å². The fraction of sp³-hybridized carbons (Fsp3) is 0.111. The minimum Gasteiger partial charge on any atom is -0.480 e. The van der Waals surface area contributed by atoms with E-state index in [9.17, 15) is 24.3 Å². The van der Waals surface area contributed by atoms with E-state index in [1.807, 2.05) is 30.5 Å². The van der Waals surface area contributed by atoms with Gasteiger partial charge in [0.2, 0.25) is 0 Å². The molecule has 1 aromatic heterocycles. The molecule has 0 radical (unpaired) electrons. The highest BCUT2D eigenvalue weighted by molar-refractivity contribution is 6.34. The molecule has 10 heteroatoms. The first kappa shape index (κ1) is 25.5. The van der Waals surface area contributed by atoms with Crippen molar-refractivity contribution in [3.63, 3.8) is 0 Å². The van der Waals surface area contributed by atoms with Gasteiger partial charge in [-0.05, 0) is 48.0 Å². The highest BCUT2D eigenvalue weighted by atomic mass is 35.5. The number of nitrogens with one attached hydrogen (secondary N) is 4. The second-order valence-electron chi connectivity index (χ2n) is 8.17. The summed E-state index contributed by atoms with van der Waals surface area (Å²) >= 11 is 6.26. The van der Waals surface area contributed by atoms with Crippen molar-refractivity contribution in [2.24, 2.45) is 0 Å². The van der Waals surface area contributed by atoms with Gasteiger partial charge in [-0.3, -0.25) is 14.4 Å². The van der Waals surface area contributed by atoms with Crippen LogP contribution >= 0.6 is 11.6 Å². The molecular weight excluding hydrogens is 496 g/mol. The van der Waals surface area contributed by atoms with Crippen LogP contribution in [0.3, 0.4) is 0 Å².